The lowest BCUT2D eigenvalue weighted by Crippen LogP contribution is -1.98. The van der Waals surface area contributed by atoms with E-state index >= 15 is 0 Å². The predicted molar refractivity (Wildman–Crippen MR) is 75.2 cm³/mol. The average molecular weight is 275 g/mol. The highest BCUT2D eigenvalue weighted by molar-refractivity contribution is 6.30. The summed E-state index contributed by atoms with van der Waals surface area (Å²) in [4.78, 5) is 9.08. The normalized spacial score (nSPS) is 13.6. The second-order valence-corrected chi connectivity index (χ2v) is 5.11. The Morgan fingerprint density at radius 3 is 3.00 bits per heavy atom. The summed E-state index contributed by atoms with van der Waals surface area (Å²) in [6.45, 7) is 0.590. The lowest BCUT2D eigenvalue weighted by Gasteiger charge is -2.07. The number of hydrogen-bond donors (Lipinski definition) is 0. The molecule has 98 valence electrons. The molecule has 0 aliphatic heterocycles. The van der Waals surface area contributed by atoms with Crippen molar-refractivity contribution in [2.24, 2.45) is 0 Å². The number of hydrogen-bond acceptors (Lipinski definition) is 3. The van der Waals surface area contributed by atoms with E-state index in [0.29, 0.717) is 17.6 Å². The molecule has 0 amide bonds. The van der Waals surface area contributed by atoms with E-state index in [0.717, 1.165) is 41.6 Å². The van der Waals surface area contributed by atoms with E-state index < -0.39 is 0 Å². The minimum absolute atomic E-state index is 0.590. The first-order valence-corrected chi connectivity index (χ1v) is 6.79. The zero-order valence-electron chi connectivity index (χ0n) is 10.8. The van der Waals surface area contributed by atoms with Crippen LogP contribution in [0.1, 0.15) is 23.2 Å². The van der Waals surface area contributed by atoms with Gasteiger partial charge < -0.3 is 4.74 Å². The molecule has 1 aromatic carbocycles. The third-order valence-corrected chi connectivity index (χ3v) is 3.69. The molecule has 0 radical (unpaired) electrons. The molecule has 0 N–H and O–H groups in total. The lowest BCUT2D eigenvalue weighted by molar-refractivity contribution is 0.185. The van der Waals surface area contributed by atoms with Gasteiger partial charge in [-0.2, -0.15) is 0 Å². The van der Waals surface area contributed by atoms with Crippen LogP contribution in [-0.2, 0) is 24.2 Å². The minimum atomic E-state index is 0.590. The van der Waals surface area contributed by atoms with E-state index in [4.69, 9.17) is 16.3 Å². The molecule has 1 heterocycles. The maximum absolute atomic E-state index is 6.25. The van der Waals surface area contributed by atoms with Crippen LogP contribution in [0.25, 0.3) is 11.4 Å². The van der Waals surface area contributed by atoms with Gasteiger partial charge in [-0.3, -0.25) is 0 Å². The van der Waals surface area contributed by atoms with Crippen molar-refractivity contribution in [2.45, 2.75) is 25.9 Å². The number of aromatic nitrogens is 2. The highest BCUT2D eigenvalue weighted by Gasteiger charge is 2.18. The third-order valence-electron chi connectivity index (χ3n) is 3.38. The number of halogens is 1. The summed E-state index contributed by atoms with van der Waals surface area (Å²) in [5.74, 6) is 0.712. The number of nitrogens with zero attached hydrogens (tertiary/aromatic N) is 2. The van der Waals surface area contributed by atoms with Crippen molar-refractivity contribution in [1.29, 1.82) is 0 Å². The second-order valence-electron chi connectivity index (χ2n) is 4.75. The van der Waals surface area contributed by atoms with Crippen molar-refractivity contribution < 1.29 is 4.74 Å². The van der Waals surface area contributed by atoms with Crippen molar-refractivity contribution in [2.75, 3.05) is 7.11 Å². The van der Waals surface area contributed by atoms with Gasteiger partial charge in [-0.1, -0.05) is 29.8 Å². The fourth-order valence-electron chi connectivity index (χ4n) is 2.48. The average Bonchev–Trinajstić information content (AvgIpc) is 2.88. The minimum Gasteiger partial charge on any atom is -0.380 e. The molecule has 0 atom stereocenters. The topological polar surface area (TPSA) is 35.0 Å². The van der Waals surface area contributed by atoms with Crippen LogP contribution < -0.4 is 0 Å². The van der Waals surface area contributed by atoms with Gasteiger partial charge in [0.1, 0.15) is 5.15 Å². The number of methoxy groups -OCH3 is 1. The molecule has 0 bridgehead atoms. The van der Waals surface area contributed by atoms with E-state index in [-0.39, 0.29) is 0 Å². The van der Waals surface area contributed by atoms with Gasteiger partial charge in [0.15, 0.2) is 5.82 Å². The van der Waals surface area contributed by atoms with Gasteiger partial charge in [-0.15, -0.1) is 0 Å². The molecule has 2 aromatic rings. The van der Waals surface area contributed by atoms with E-state index in [2.05, 4.69) is 16.0 Å². The first-order valence-electron chi connectivity index (χ1n) is 6.41. The van der Waals surface area contributed by atoms with Crippen LogP contribution in [0.4, 0.5) is 0 Å². The molecule has 3 nitrogen and oxygen atoms in total. The lowest BCUT2D eigenvalue weighted by atomic mass is 10.1. The van der Waals surface area contributed by atoms with E-state index in [9.17, 15) is 0 Å². The Balaban J connectivity index is 2.02. The smallest absolute Gasteiger partial charge is 0.161 e. The molecule has 0 fully saturated rings. The molecule has 0 spiro atoms. The standard InChI is InChI=1S/C15H15ClN2O/c1-19-9-10-4-2-5-11(8-10)15-17-13-7-3-6-12(13)14(16)18-15/h2,4-5,8H,3,6-7,9H2,1H3. The zero-order chi connectivity index (χ0) is 13.2. The van der Waals surface area contributed by atoms with E-state index in [1.807, 2.05) is 18.2 Å². The summed E-state index contributed by atoms with van der Waals surface area (Å²) >= 11 is 6.25. The SMILES string of the molecule is COCc1cccc(-c2nc(Cl)c3c(n2)CCC3)c1. The van der Waals surface area contributed by atoms with Crippen molar-refractivity contribution in [3.63, 3.8) is 0 Å². The van der Waals surface area contributed by atoms with Gasteiger partial charge in [-0.25, -0.2) is 9.97 Å². The summed E-state index contributed by atoms with van der Waals surface area (Å²) in [5, 5.41) is 0.606. The fourth-order valence-corrected chi connectivity index (χ4v) is 2.77. The molecule has 3 rings (SSSR count). The van der Waals surface area contributed by atoms with Crippen molar-refractivity contribution in [3.05, 3.63) is 46.2 Å². The van der Waals surface area contributed by atoms with E-state index in [1.165, 1.54) is 0 Å². The highest BCUT2D eigenvalue weighted by atomic mass is 35.5. The number of rotatable bonds is 3. The maximum atomic E-state index is 6.25. The monoisotopic (exact) mass is 274 g/mol. The molecule has 19 heavy (non-hydrogen) atoms. The molecule has 0 saturated carbocycles. The first-order chi connectivity index (χ1) is 9.28. The summed E-state index contributed by atoms with van der Waals surface area (Å²) in [5.41, 5.74) is 4.33. The largest absolute Gasteiger partial charge is 0.380 e. The molecule has 0 saturated heterocycles. The Hall–Kier alpha value is -1.45. The Bertz CT molecular complexity index is 613. The fraction of sp³-hybridized carbons (Fsp3) is 0.333. The molecule has 0 unspecified atom stereocenters. The summed E-state index contributed by atoms with van der Waals surface area (Å²) < 4.78 is 5.15. The Morgan fingerprint density at radius 2 is 2.16 bits per heavy atom. The van der Waals surface area contributed by atoms with Crippen LogP contribution in [0.5, 0.6) is 0 Å². The Kier molecular flexibility index (Phi) is 3.49. The number of aryl methyl sites for hydroxylation is 1. The maximum Gasteiger partial charge on any atom is 0.161 e. The predicted octanol–water partition coefficient (Wildman–Crippen LogP) is 3.43. The molecular formula is C15H15ClN2O. The van der Waals surface area contributed by atoms with Crippen LogP contribution in [0, 0.1) is 0 Å². The Labute approximate surface area is 117 Å². The van der Waals surface area contributed by atoms with Gasteiger partial charge in [-0.05, 0) is 30.9 Å². The first kappa shape index (κ1) is 12.6. The summed E-state index contributed by atoms with van der Waals surface area (Å²) in [7, 11) is 1.69. The van der Waals surface area contributed by atoms with E-state index in [1.54, 1.807) is 7.11 Å². The summed E-state index contributed by atoms with van der Waals surface area (Å²) in [6.07, 6.45) is 3.12. The van der Waals surface area contributed by atoms with Crippen LogP contribution in [0.3, 0.4) is 0 Å². The number of fused-ring (bicyclic) bond motifs is 1. The third kappa shape index (κ3) is 2.48. The summed E-state index contributed by atoms with van der Waals surface area (Å²) in [6, 6.07) is 8.08. The molecular weight excluding hydrogens is 260 g/mol. The quantitative estimate of drug-likeness (QED) is 0.805. The van der Waals surface area contributed by atoms with Crippen molar-refractivity contribution in [3.8, 4) is 11.4 Å². The van der Waals surface area contributed by atoms with Gasteiger partial charge in [0.25, 0.3) is 0 Å². The molecule has 1 aliphatic carbocycles. The second kappa shape index (κ2) is 5.27. The number of benzene rings is 1. The highest BCUT2D eigenvalue weighted by Crippen LogP contribution is 2.29. The van der Waals surface area contributed by atoms with Gasteiger partial charge in [0.2, 0.25) is 0 Å². The molecule has 4 heteroatoms. The molecule has 1 aliphatic rings. The number of ether oxygens (including phenoxy) is 1. The Morgan fingerprint density at radius 1 is 1.26 bits per heavy atom. The van der Waals surface area contributed by atoms with Gasteiger partial charge in [0, 0.05) is 23.9 Å². The van der Waals surface area contributed by atoms with Gasteiger partial charge >= 0.3 is 0 Å². The van der Waals surface area contributed by atoms with Crippen LogP contribution in [-0.4, -0.2) is 17.1 Å². The van der Waals surface area contributed by atoms with Crippen LogP contribution in [0.15, 0.2) is 24.3 Å². The van der Waals surface area contributed by atoms with Crippen LogP contribution >= 0.6 is 11.6 Å². The zero-order valence-corrected chi connectivity index (χ0v) is 11.6. The van der Waals surface area contributed by atoms with Crippen molar-refractivity contribution >= 4 is 11.6 Å². The van der Waals surface area contributed by atoms with Crippen LogP contribution in [0.2, 0.25) is 5.15 Å². The molecule has 1 aromatic heterocycles. The van der Waals surface area contributed by atoms with Crippen molar-refractivity contribution in [1.82, 2.24) is 9.97 Å². The van der Waals surface area contributed by atoms with Gasteiger partial charge in [0.05, 0.1) is 6.61 Å².